The number of para-hydroxylation sites is 1. The molecule has 25 heavy (non-hydrogen) atoms. The third kappa shape index (κ3) is 1.48. The van der Waals surface area contributed by atoms with Crippen LogP contribution in [0.5, 0.6) is 0 Å². The molecule has 0 aliphatic rings. The molecule has 0 saturated heterocycles. The van der Waals surface area contributed by atoms with Gasteiger partial charge in [0.05, 0.1) is 21.2 Å². The van der Waals surface area contributed by atoms with E-state index in [2.05, 4.69) is 64.8 Å². The maximum atomic E-state index is 4.71. The highest BCUT2D eigenvalue weighted by atomic mass is 32.1. The standard InChI is InChI=1S/C20H14N4S/c1-23(2)15-9-13-19-16-12(11-5-3-4-6-14(11)24(15)19)7-8-21-17(16)18-20(13)25-10-22-18/h3-10H,1-2H3. The highest BCUT2D eigenvalue weighted by Crippen LogP contribution is 2.44. The second kappa shape index (κ2) is 4.37. The normalized spacial score (nSPS) is 12.4. The second-order valence-electron chi connectivity index (χ2n) is 6.62. The minimum absolute atomic E-state index is 1.00. The molecule has 4 heterocycles. The van der Waals surface area contributed by atoms with Crippen molar-refractivity contribution in [3.63, 3.8) is 0 Å². The van der Waals surface area contributed by atoms with Crippen LogP contribution < -0.4 is 4.90 Å². The van der Waals surface area contributed by atoms with Crippen LogP contribution in [0.2, 0.25) is 0 Å². The number of hydrogen-bond donors (Lipinski definition) is 0. The van der Waals surface area contributed by atoms with Gasteiger partial charge in [0.15, 0.2) is 0 Å². The van der Waals surface area contributed by atoms with Gasteiger partial charge in [0.25, 0.3) is 0 Å². The Bertz CT molecular complexity index is 1420. The highest BCUT2D eigenvalue weighted by molar-refractivity contribution is 7.18. The third-order valence-electron chi connectivity index (χ3n) is 5.10. The molecule has 0 spiro atoms. The summed E-state index contributed by atoms with van der Waals surface area (Å²) >= 11 is 1.69. The van der Waals surface area contributed by atoms with Crippen molar-refractivity contribution in [2.75, 3.05) is 19.0 Å². The van der Waals surface area contributed by atoms with Crippen molar-refractivity contribution in [2.45, 2.75) is 0 Å². The first-order valence-electron chi connectivity index (χ1n) is 8.22. The van der Waals surface area contributed by atoms with Crippen molar-refractivity contribution in [3.05, 3.63) is 48.1 Å². The number of aromatic nitrogens is 3. The number of nitrogens with zero attached hydrogens (tertiary/aromatic N) is 4. The third-order valence-corrected chi connectivity index (χ3v) is 5.96. The van der Waals surface area contributed by atoms with Crippen LogP contribution in [-0.4, -0.2) is 28.5 Å². The number of benzene rings is 2. The fourth-order valence-corrected chi connectivity index (χ4v) is 4.90. The van der Waals surface area contributed by atoms with Crippen molar-refractivity contribution < 1.29 is 0 Å². The van der Waals surface area contributed by atoms with E-state index in [0.717, 1.165) is 11.0 Å². The molecule has 0 saturated carbocycles. The van der Waals surface area contributed by atoms with Crippen LogP contribution in [0.15, 0.2) is 48.1 Å². The largest absolute Gasteiger partial charge is 0.364 e. The zero-order chi connectivity index (χ0) is 16.7. The lowest BCUT2D eigenvalue weighted by atomic mass is 10.0. The molecular formula is C20H14N4S. The molecule has 0 N–H and O–H groups in total. The van der Waals surface area contributed by atoms with Crippen LogP contribution in [-0.2, 0) is 0 Å². The quantitative estimate of drug-likeness (QED) is 0.314. The van der Waals surface area contributed by atoms with Crippen LogP contribution in [0.4, 0.5) is 5.82 Å². The summed E-state index contributed by atoms with van der Waals surface area (Å²) < 4.78 is 3.59. The second-order valence-corrected chi connectivity index (χ2v) is 7.48. The van der Waals surface area contributed by atoms with Crippen LogP contribution in [0.3, 0.4) is 0 Å². The molecule has 0 atom stereocenters. The van der Waals surface area contributed by atoms with Crippen LogP contribution in [0, 0.1) is 0 Å². The Morgan fingerprint density at radius 3 is 2.72 bits per heavy atom. The van der Waals surface area contributed by atoms with Crippen molar-refractivity contribution in [2.24, 2.45) is 0 Å². The SMILES string of the molecule is CN(C)c1cc2c3scnc3c3nccc4c5ccccc5n1c2c43. The fraction of sp³-hybridized carbons (Fsp3) is 0.100. The summed E-state index contributed by atoms with van der Waals surface area (Å²) in [6.45, 7) is 0. The van der Waals surface area contributed by atoms with Crippen molar-refractivity contribution in [1.29, 1.82) is 0 Å². The zero-order valence-corrected chi connectivity index (χ0v) is 14.6. The fourth-order valence-electron chi connectivity index (χ4n) is 4.10. The minimum Gasteiger partial charge on any atom is -0.364 e. The molecule has 0 amide bonds. The van der Waals surface area contributed by atoms with Gasteiger partial charge in [-0.15, -0.1) is 11.3 Å². The number of pyridine rings is 2. The highest BCUT2D eigenvalue weighted by Gasteiger charge is 2.22. The summed E-state index contributed by atoms with van der Waals surface area (Å²) in [5, 5.41) is 4.97. The monoisotopic (exact) mass is 342 g/mol. The molecule has 0 fully saturated rings. The number of fused-ring (bicyclic) bond motifs is 6. The van der Waals surface area contributed by atoms with E-state index in [1.807, 2.05) is 11.7 Å². The van der Waals surface area contributed by atoms with Gasteiger partial charge in [-0.2, -0.15) is 0 Å². The molecule has 0 aliphatic heterocycles. The summed E-state index contributed by atoms with van der Waals surface area (Å²) in [6, 6.07) is 13.0. The first kappa shape index (κ1) is 13.4. The van der Waals surface area contributed by atoms with E-state index >= 15 is 0 Å². The Morgan fingerprint density at radius 2 is 1.84 bits per heavy atom. The molecule has 5 heteroatoms. The topological polar surface area (TPSA) is 33.4 Å². The first-order chi connectivity index (χ1) is 12.3. The van der Waals surface area contributed by atoms with Gasteiger partial charge in [-0.05, 0) is 23.6 Å². The minimum atomic E-state index is 1.00. The van der Waals surface area contributed by atoms with E-state index in [0.29, 0.717) is 0 Å². The Balaban J connectivity index is 2.12. The molecule has 6 rings (SSSR count). The lowest BCUT2D eigenvalue weighted by Crippen LogP contribution is -2.11. The van der Waals surface area contributed by atoms with E-state index < -0.39 is 0 Å². The van der Waals surface area contributed by atoms with Gasteiger partial charge >= 0.3 is 0 Å². The van der Waals surface area contributed by atoms with Gasteiger partial charge in [-0.3, -0.25) is 9.38 Å². The van der Waals surface area contributed by atoms with E-state index in [4.69, 9.17) is 4.98 Å². The Morgan fingerprint density at radius 1 is 0.960 bits per heavy atom. The first-order valence-corrected chi connectivity index (χ1v) is 9.10. The number of anilines is 1. The van der Waals surface area contributed by atoms with Crippen LogP contribution >= 0.6 is 11.3 Å². The Hall–Kier alpha value is -2.92. The molecule has 120 valence electrons. The summed E-state index contributed by atoms with van der Waals surface area (Å²) in [4.78, 5) is 11.5. The average Bonchev–Trinajstić information content (AvgIpc) is 3.26. The van der Waals surface area contributed by atoms with Crippen molar-refractivity contribution in [3.8, 4) is 0 Å². The van der Waals surface area contributed by atoms with Crippen LogP contribution in [0.25, 0.3) is 48.3 Å². The molecule has 0 aliphatic carbocycles. The number of hydrogen-bond acceptors (Lipinski definition) is 4. The number of rotatable bonds is 1. The van der Waals surface area contributed by atoms with Crippen molar-refractivity contribution >= 4 is 65.5 Å². The van der Waals surface area contributed by atoms with E-state index in [1.54, 1.807) is 11.3 Å². The molecule has 2 aromatic carbocycles. The molecule has 0 radical (unpaired) electrons. The van der Waals surface area contributed by atoms with Crippen LogP contribution in [0.1, 0.15) is 0 Å². The average molecular weight is 342 g/mol. The lowest BCUT2D eigenvalue weighted by molar-refractivity contribution is 1.06. The summed E-state index contributed by atoms with van der Waals surface area (Å²) in [7, 11) is 4.19. The summed E-state index contributed by atoms with van der Waals surface area (Å²) in [5.74, 6) is 1.18. The van der Waals surface area contributed by atoms with Gasteiger partial charge in [0.2, 0.25) is 0 Å². The number of thiazole rings is 1. The molecule has 6 aromatic rings. The van der Waals surface area contributed by atoms with Gasteiger partial charge in [0, 0.05) is 36.5 Å². The van der Waals surface area contributed by atoms with Gasteiger partial charge in [0.1, 0.15) is 16.9 Å². The smallest absolute Gasteiger partial charge is 0.113 e. The summed E-state index contributed by atoms with van der Waals surface area (Å²) in [5.41, 5.74) is 6.41. The summed E-state index contributed by atoms with van der Waals surface area (Å²) in [6.07, 6.45) is 1.91. The lowest BCUT2D eigenvalue weighted by Gasteiger charge is -2.17. The van der Waals surface area contributed by atoms with E-state index in [-0.39, 0.29) is 0 Å². The Kier molecular flexibility index (Phi) is 2.34. The molecule has 4 aromatic heterocycles. The van der Waals surface area contributed by atoms with Gasteiger partial charge in [-0.25, -0.2) is 4.98 Å². The molecular weight excluding hydrogens is 328 g/mol. The van der Waals surface area contributed by atoms with Gasteiger partial charge in [-0.1, -0.05) is 18.2 Å². The zero-order valence-electron chi connectivity index (χ0n) is 13.8. The maximum Gasteiger partial charge on any atom is 0.113 e. The molecule has 0 bridgehead atoms. The van der Waals surface area contributed by atoms with E-state index in [1.165, 1.54) is 43.1 Å². The van der Waals surface area contributed by atoms with Crippen molar-refractivity contribution in [1.82, 2.24) is 14.4 Å². The van der Waals surface area contributed by atoms with Gasteiger partial charge < -0.3 is 4.90 Å². The van der Waals surface area contributed by atoms with E-state index in [9.17, 15) is 0 Å². The predicted octanol–water partition coefficient (Wildman–Crippen LogP) is 4.91. The maximum absolute atomic E-state index is 4.71. The predicted molar refractivity (Wildman–Crippen MR) is 106 cm³/mol. The Labute approximate surface area is 147 Å². The molecule has 4 nitrogen and oxygen atoms in total. The molecule has 0 unspecified atom stereocenters.